The zero-order valence-electron chi connectivity index (χ0n) is 11.6. The summed E-state index contributed by atoms with van der Waals surface area (Å²) in [6, 6.07) is 0. The van der Waals surface area contributed by atoms with Crippen molar-refractivity contribution in [1.82, 2.24) is 0 Å². The molecular weight excluding hydrogens is 228 g/mol. The molecule has 3 rings (SSSR count). The highest BCUT2D eigenvalue weighted by molar-refractivity contribution is 5.39. The molecule has 2 saturated carbocycles. The SMILES string of the molecule is C[C@@H]1[C@@H](O)C[C@]2(O)[C@H](O)C3=CC(C)(C)C[C@H]3[C@]12C. The van der Waals surface area contributed by atoms with Crippen LogP contribution in [0.1, 0.15) is 40.5 Å². The topological polar surface area (TPSA) is 60.7 Å². The Hall–Kier alpha value is -0.380. The van der Waals surface area contributed by atoms with Crippen molar-refractivity contribution in [2.75, 3.05) is 0 Å². The van der Waals surface area contributed by atoms with Crippen LogP contribution < -0.4 is 0 Å². The van der Waals surface area contributed by atoms with E-state index >= 15 is 0 Å². The lowest BCUT2D eigenvalue weighted by atomic mass is 9.65. The van der Waals surface area contributed by atoms with Crippen LogP contribution >= 0.6 is 0 Å². The average Bonchev–Trinajstić information content (AvgIpc) is 2.72. The van der Waals surface area contributed by atoms with Crippen molar-refractivity contribution in [3.8, 4) is 0 Å². The predicted octanol–water partition coefficient (Wildman–Crippen LogP) is 1.47. The monoisotopic (exact) mass is 252 g/mol. The van der Waals surface area contributed by atoms with Gasteiger partial charge in [-0.15, -0.1) is 0 Å². The maximum absolute atomic E-state index is 10.9. The Morgan fingerprint density at radius 3 is 2.39 bits per heavy atom. The van der Waals surface area contributed by atoms with Crippen LogP contribution in [0.25, 0.3) is 0 Å². The summed E-state index contributed by atoms with van der Waals surface area (Å²) in [4.78, 5) is 0. The highest BCUT2D eigenvalue weighted by Crippen LogP contribution is 2.68. The van der Waals surface area contributed by atoms with Crippen LogP contribution in [0.15, 0.2) is 11.6 Å². The quantitative estimate of drug-likeness (QED) is 0.572. The van der Waals surface area contributed by atoms with Gasteiger partial charge >= 0.3 is 0 Å². The van der Waals surface area contributed by atoms with Crippen LogP contribution in [-0.4, -0.2) is 33.1 Å². The van der Waals surface area contributed by atoms with Crippen molar-refractivity contribution in [3.63, 3.8) is 0 Å². The predicted molar refractivity (Wildman–Crippen MR) is 68.8 cm³/mol. The maximum atomic E-state index is 10.9. The Kier molecular flexibility index (Phi) is 2.24. The lowest BCUT2D eigenvalue weighted by Crippen LogP contribution is -2.49. The first-order chi connectivity index (χ1) is 8.13. The van der Waals surface area contributed by atoms with Gasteiger partial charge in [0.05, 0.1) is 6.10 Å². The average molecular weight is 252 g/mol. The van der Waals surface area contributed by atoms with Gasteiger partial charge in [0, 0.05) is 11.8 Å². The molecule has 102 valence electrons. The molecule has 0 unspecified atom stereocenters. The molecule has 18 heavy (non-hydrogen) atoms. The standard InChI is InChI=1S/C15H24O3/c1-8-11(16)7-15(18)12(17)9-5-13(2,3)6-10(9)14(8,15)4/h5,8,10-12,16-18H,6-7H2,1-4H3/t8-,10-,11+,12-,14+,15+/m1/s1. The van der Waals surface area contributed by atoms with Crippen molar-refractivity contribution in [1.29, 1.82) is 0 Å². The minimum Gasteiger partial charge on any atom is -0.393 e. The molecule has 3 aliphatic rings. The molecule has 0 aliphatic heterocycles. The van der Waals surface area contributed by atoms with E-state index in [9.17, 15) is 15.3 Å². The Morgan fingerprint density at radius 2 is 1.78 bits per heavy atom. The minimum absolute atomic E-state index is 0.0157. The summed E-state index contributed by atoms with van der Waals surface area (Å²) in [5.41, 5.74) is -0.480. The summed E-state index contributed by atoms with van der Waals surface area (Å²) < 4.78 is 0. The van der Waals surface area contributed by atoms with E-state index in [1.54, 1.807) is 0 Å². The van der Waals surface area contributed by atoms with Crippen molar-refractivity contribution < 1.29 is 15.3 Å². The molecule has 0 amide bonds. The summed E-state index contributed by atoms with van der Waals surface area (Å²) in [6.07, 6.45) is 2.06. The molecule has 0 aromatic carbocycles. The van der Waals surface area contributed by atoms with E-state index in [4.69, 9.17) is 0 Å². The van der Waals surface area contributed by atoms with Crippen LogP contribution in [0.2, 0.25) is 0 Å². The van der Waals surface area contributed by atoms with Gasteiger partial charge < -0.3 is 15.3 Å². The molecule has 0 heterocycles. The third-order valence-electron chi connectivity index (χ3n) is 6.16. The molecule has 2 fully saturated rings. The highest BCUT2D eigenvalue weighted by Gasteiger charge is 2.72. The molecule has 0 spiro atoms. The molecule has 3 aliphatic carbocycles. The van der Waals surface area contributed by atoms with Gasteiger partial charge in [0.25, 0.3) is 0 Å². The third-order valence-corrected chi connectivity index (χ3v) is 6.16. The zero-order chi connectivity index (χ0) is 13.5. The van der Waals surface area contributed by atoms with E-state index in [1.807, 2.05) is 13.8 Å². The summed E-state index contributed by atoms with van der Waals surface area (Å²) in [7, 11) is 0. The summed E-state index contributed by atoms with van der Waals surface area (Å²) >= 11 is 0. The van der Waals surface area contributed by atoms with Gasteiger partial charge in [-0.3, -0.25) is 0 Å². The molecule has 3 nitrogen and oxygen atoms in total. The number of aliphatic hydroxyl groups excluding tert-OH is 2. The van der Waals surface area contributed by atoms with E-state index in [1.165, 1.54) is 0 Å². The van der Waals surface area contributed by atoms with Crippen LogP contribution in [0, 0.1) is 22.7 Å². The number of hydrogen-bond donors (Lipinski definition) is 3. The van der Waals surface area contributed by atoms with Crippen LogP contribution in [-0.2, 0) is 0 Å². The van der Waals surface area contributed by atoms with Gasteiger partial charge in [-0.25, -0.2) is 0 Å². The molecule has 0 saturated heterocycles. The molecule has 6 atom stereocenters. The lowest BCUT2D eigenvalue weighted by molar-refractivity contribution is -0.114. The minimum atomic E-state index is -1.15. The maximum Gasteiger partial charge on any atom is 0.105 e. The van der Waals surface area contributed by atoms with Crippen molar-refractivity contribution in [3.05, 3.63) is 11.6 Å². The van der Waals surface area contributed by atoms with Gasteiger partial charge in [-0.1, -0.05) is 33.8 Å². The number of fused-ring (bicyclic) bond motifs is 3. The first kappa shape index (κ1) is 12.6. The number of rotatable bonds is 0. The second-order valence-electron chi connectivity index (χ2n) is 7.56. The van der Waals surface area contributed by atoms with E-state index < -0.39 is 23.2 Å². The van der Waals surface area contributed by atoms with Crippen LogP contribution in [0.5, 0.6) is 0 Å². The first-order valence-electron chi connectivity index (χ1n) is 6.95. The normalized spacial score (nSPS) is 57.4. The van der Waals surface area contributed by atoms with Crippen molar-refractivity contribution in [2.45, 2.75) is 58.3 Å². The van der Waals surface area contributed by atoms with Gasteiger partial charge in [0.1, 0.15) is 11.7 Å². The molecular formula is C15H24O3. The lowest BCUT2D eigenvalue weighted by Gasteiger charge is -2.41. The van der Waals surface area contributed by atoms with Crippen molar-refractivity contribution >= 4 is 0 Å². The fourth-order valence-corrected chi connectivity index (χ4v) is 4.89. The van der Waals surface area contributed by atoms with E-state index in [2.05, 4.69) is 19.9 Å². The number of aliphatic hydroxyl groups is 3. The zero-order valence-corrected chi connectivity index (χ0v) is 11.6. The fraction of sp³-hybridized carbons (Fsp3) is 0.867. The number of allylic oxidation sites excluding steroid dienone is 1. The Bertz CT molecular complexity index is 427. The first-order valence-corrected chi connectivity index (χ1v) is 6.95. The Labute approximate surface area is 109 Å². The van der Waals surface area contributed by atoms with Gasteiger partial charge in [0.2, 0.25) is 0 Å². The summed E-state index contributed by atoms with van der Waals surface area (Å²) in [6.45, 7) is 8.39. The van der Waals surface area contributed by atoms with E-state index in [-0.39, 0.29) is 17.3 Å². The van der Waals surface area contributed by atoms with Gasteiger partial charge in [-0.2, -0.15) is 0 Å². The van der Waals surface area contributed by atoms with E-state index in [0.717, 1.165) is 12.0 Å². The van der Waals surface area contributed by atoms with Gasteiger partial charge in [0.15, 0.2) is 0 Å². The molecule has 0 radical (unpaired) electrons. The fourth-order valence-electron chi connectivity index (χ4n) is 4.89. The molecule has 0 aromatic heterocycles. The summed E-state index contributed by atoms with van der Waals surface area (Å²) in [5, 5.41) is 31.6. The smallest absolute Gasteiger partial charge is 0.105 e. The van der Waals surface area contributed by atoms with Crippen molar-refractivity contribution in [2.24, 2.45) is 22.7 Å². The molecule has 3 N–H and O–H groups in total. The van der Waals surface area contributed by atoms with Gasteiger partial charge in [-0.05, 0) is 29.2 Å². The second-order valence-corrected chi connectivity index (χ2v) is 7.56. The third kappa shape index (κ3) is 1.16. The Morgan fingerprint density at radius 1 is 1.17 bits per heavy atom. The molecule has 3 heteroatoms. The largest absolute Gasteiger partial charge is 0.393 e. The summed E-state index contributed by atoms with van der Waals surface area (Å²) in [5.74, 6) is 0.210. The van der Waals surface area contributed by atoms with Crippen LogP contribution in [0.4, 0.5) is 0 Å². The number of hydrogen-bond acceptors (Lipinski definition) is 3. The highest BCUT2D eigenvalue weighted by atomic mass is 16.4. The van der Waals surface area contributed by atoms with Crippen LogP contribution in [0.3, 0.4) is 0 Å². The Balaban J connectivity index is 2.13. The second kappa shape index (κ2) is 3.20. The van der Waals surface area contributed by atoms with E-state index in [0.29, 0.717) is 6.42 Å². The molecule has 0 aromatic rings. The molecule has 0 bridgehead atoms.